The topological polar surface area (TPSA) is 82.1 Å². The number of aliphatic hydroxyl groups excluding tert-OH is 1. The molecule has 0 amide bonds. The number of nitrogens with one attached hydrogen (secondary N) is 1. The molecule has 0 aliphatic heterocycles. The highest BCUT2D eigenvalue weighted by molar-refractivity contribution is 9.10. The molecule has 0 saturated heterocycles. The lowest BCUT2D eigenvalue weighted by Crippen LogP contribution is -2.28. The molecule has 1 aromatic carbocycles. The Labute approximate surface area is 110 Å². The Hall–Kier alpha value is -1.09. The van der Waals surface area contributed by atoms with Gasteiger partial charge in [0.1, 0.15) is 6.07 Å². The molecule has 0 bridgehead atoms. The van der Waals surface area contributed by atoms with Crippen molar-refractivity contribution in [2.75, 3.05) is 12.3 Å². The van der Waals surface area contributed by atoms with Gasteiger partial charge in [-0.2, -0.15) is 5.26 Å². The van der Waals surface area contributed by atoms with Crippen molar-refractivity contribution in [2.24, 2.45) is 0 Å². The van der Waals surface area contributed by atoms with Gasteiger partial charge >= 0.3 is 0 Å². The third kappa shape index (κ3) is 3.70. The van der Waals surface area contributed by atoms with Crippen molar-refractivity contribution >= 4 is 21.6 Å². The van der Waals surface area contributed by atoms with Crippen LogP contribution in [0.5, 0.6) is 0 Å². The summed E-state index contributed by atoms with van der Waals surface area (Å²) in [5, 5.41) is 22.0. The molecule has 0 heterocycles. The van der Waals surface area contributed by atoms with E-state index in [1.165, 1.54) is 0 Å². The first-order valence-corrected chi connectivity index (χ1v) is 6.15. The lowest BCUT2D eigenvalue weighted by molar-refractivity contribution is 0.171. The van der Waals surface area contributed by atoms with Crippen molar-refractivity contribution in [1.29, 1.82) is 5.26 Å². The van der Waals surface area contributed by atoms with Crippen molar-refractivity contribution in [2.45, 2.75) is 26.0 Å². The number of nitrogens with two attached hydrogens (primary N) is 1. The first-order valence-electron chi connectivity index (χ1n) is 5.36. The Morgan fingerprint density at radius 3 is 2.71 bits per heavy atom. The van der Waals surface area contributed by atoms with Gasteiger partial charge in [0.25, 0.3) is 0 Å². The van der Waals surface area contributed by atoms with Crippen LogP contribution in [0.15, 0.2) is 16.6 Å². The molecule has 5 heteroatoms. The van der Waals surface area contributed by atoms with E-state index in [0.717, 1.165) is 0 Å². The molecule has 0 radical (unpaired) electrons. The molecule has 0 fully saturated rings. The van der Waals surface area contributed by atoms with E-state index in [9.17, 15) is 5.11 Å². The first-order chi connectivity index (χ1) is 7.95. The lowest BCUT2D eigenvalue weighted by Gasteiger charge is -2.15. The molecule has 4 nitrogen and oxygen atoms in total. The van der Waals surface area contributed by atoms with Crippen molar-refractivity contribution in [1.82, 2.24) is 5.32 Å². The van der Waals surface area contributed by atoms with E-state index in [0.29, 0.717) is 33.9 Å². The number of halogens is 1. The van der Waals surface area contributed by atoms with Gasteiger partial charge < -0.3 is 16.2 Å². The Bertz CT molecular complexity index is 440. The summed E-state index contributed by atoms with van der Waals surface area (Å²) in [5.74, 6) is 0. The van der Waals surface area contributed by atoms with Crippen LogP contribution in [0.1, 0.15) is 31.1 Å². The van der Waals surface area contributed by atoms with E-state index >= 15 is 0 Å². The van der Waals surface area contributed by atoms with Gasteiger partial charge in [0, 0.05) is 17.1 Å². The molecule has 1 unspecified atom stereocenters. The standard InChI is InChI=1S/C12H16BrN3O/c1-7(2)16-6-11(17)8-3-9(5-14)12(15)10(13)4-8/h3-4,7,11,16-17H,6,15H2,1-2H3. The van der Waals surface area contributed by atoms with Gasteiger partial charge in [0.2, 0.25) is 0 Å². The largest absolute Gasteiger partial charge is 0.397 e. The van der Waals surface area contributed by atoms with Crippen LogP contribution in [0.4, 0.5) is 5.69 Å². The molecule has 17 heavy (non-hydrogen) atoms. The Morgan fingerprint density at radius 1 is 1.53 bits per heavy atom. The predicted molar refractivity (Wildman–Crippen MR) is 71.4 cm³/mol. The van der Waals surface area contributed by atoms with E-state index in [1.54, 1.807) is 12.1 Å². The summed E-state index contributed by atoms with van der Waals surface area (Å²) in [6.07, 6.45) is -0.651. The van der Waals surface area contributed by atoms with Gasteiger partial charge in [-0.05, 0) is 33.6 Å². The number of nitrogen functional groups attached to an aromatic ring is 1. The molecular formula is C12H16BrN3O. The minimum Gasteiger partial charge on any atom is -0.397 e. The van der Waals surface area contributed by atoms with Crippen LogP contribution >= 0.6 is 15.9 Å². The number of nitrogens with zero attached hydrogens (tertiary/aromatic N) is 1. The van der Waals surface area contributed by atoms with Crippen molar-refractivity contribution in [3.8, 4) is 6.07 Å². The smallest absolute Gasteiger partial charge is 0.101 e. The summed E-state index contributed by atoms with van der Waals surface area (Å²) in [6, 6.07) is 5.67. The molecule has 4 N–H and O–H groups in total. The Kier molecular flexibility index (Phi) is 4.94. The second-order valence-electron chi connectivity index (χ2n) is 4.15. The number of aliphatic hydroxyl groups is 1. The molecule has 1 atom stereocenters. The maximum absolute atomic E-state index is 9.97. The highest BCUT2D eigenvalue weighted by Gasteiger charge is 2.12. The fraction of sp³-hybridized carbons (Fsp3) is 0.417. The van der Waals surface area contributed by atoms with Crippen LogP contribution in [0.3, 0.4) is 0 Å². The fourth-order valence-corrected chi connectivity index (χ4v) is 1.87. The van der Waals surface area contributed by atoms with Crippen molar-refractivity contribution in [3.63, 3.8) is 0 Å². The van der Waals surface area contributed by atoms with Crippen LogP contribution in [0, 0.1) is 11.3 Å². The van der Waals surface area contributed by atoms with Crippen LogP contribution < -0.4 is 11.1 Å². The summed E-state index contributed by atoms with van der Waals surface area (Å²) >= 11 is 3.28. The molecule has 0 aromatic heterocycles. The zero-order chi connectivity index (χ0) is 13.0. The number of hydrogen-bond acceptors (Lipinski definition) is 4. The van der Waals surface area contributed by atoms with E-state index < -0.39 is 6.10 Å². The van der Waals surface area contributed by atoms with E-state index in [2.05, 4.69) is 21.2 Å². The molecule has 92 valence electrons. The number of nitriles is 1. The second kappa shape index (κ2) is 6.01. The maximum atomic E-state index is 9.97. The first kappa shape index (κ1) is 14.0. The van der Waals surface area contributed by atoms with E-state index in [-0.39, 0.29) is 0 Å². The molecular weight excluding hydrogens is 282 g/mol. The molecule has 0 spiro atoms. The molecule has 1 aromatic rings. The van der Waals surface area contributed by atoms with Gasteiger partial charge in [-0.15, -0.1) is 0 Å². The lowest BCUT2D eigenvalue weighted by atomic mass is 10.0. The maximum Gasteiger partial charge on any atom is 0.101 e. The highest BCUT2D eigenvalue weighted by atomic mass is 79.9. The minimum atomic E-state index is -0.651. The average Bonchev–Trinajstić information content (AvgIpc) is 2.29. The minimum absolute atomic E-state index is 0.303. The van der Waals surface area contributed by atoms with Gasteiger partial charge in [-0.25, -0.2) is 0 Å². The van der Waals surface area contributed by atoms with Crippen molar-refractivity contribution in [3.05, 3.63) is 27.7 Å². The summed E-state index contributed by atoms with van der Waals surface area (Å²) < 4.78 is 0.634. The van der Waals surface area contributed by atoms with E-state index in [1.807, 2.05) is 19.9 Å². The number of hydrogen-bond donors (Lipinski definition) is 3. The molecule has 0 aliphatic rings. The summed E-state index contributed by atoms with van der Waals surface area (Å²) in [4.78, 5) is 0. The molecule has 1 rings (SSSR count). The predicted octanol–water partition coefficient (Wildman–Crippen LogP) is 1.93. The zero-order valence-corrected chi connectivity index (χ0v) is 11.5. The van der Waals surface area contributed by atoms with Crippen LogP contribution in [-0.4, -0.2) is 17.7 Å². The van der Waals surface area contributed by atoms with Crippen LogP contribution in [-0.2, 0) is 0 Å². The monoisotopic (exact) mass is 297 g/mol. The number of anilines is 1. The normalized spacial score (nSPS) is 12.5. The van der Waals surface area contributed by atoms with Gasteiger partial charge in [-0.1, -0.05) is 13.8 Å². The zero-order valence-electron chi connectivity index (χ0n) is 9.87. The number of benzene rings is 1. The average molecular weight is 298 g/mol. The quantitative estimate of drug-likeness (QED) is 0.742. The Morgan fingerprint density at radius 2 is 2.18 bits per heavy atom. The van der Waals surface area contributed by atoms with Crippen LogP contribution in [0.2, 0.25) is 0 Å². The summed E-state index contributed by atoms with van der Waals surface area (Å²) in [6.45, 7) is 4.46. The van der Waals surface area contributed by atoms with E-state index in [4.69, 9.17) is 11.0 Å². The van der Waals surface area contributed by atoms with Crippen molar-refractivity contribution < 1.29 is 5.11 Å². The molecule has 0 saturated carbocycles. The SMILES string of the molecule is CC(C)NCC(O)c1cc(Br)c(N)c(C#N)c1. The fourth-order valence-electron chi connectivity index (χ4n) is 1.39. The highest BCUT2D eigenvalue weighted by Crippen LogP contribution is 2.27. The third-order valence-electron chi connectivity index (χ3n) is 2.38. The number of rotatable bonds is 4. The van der Waals surface area contributed by atoms with Gasteiger partial charge in [0.05, 0.1) is 17.4 Å². The van der Waals surface area contributed by atoms with Gasteiger partial charge in [0.15, 0.2) is 0 Å². The third-order valence-corrected chi connectivity index (χ3v) is 3.03. The summed E-state index contributed by atoms with van der Waals surface area (Å²) in [5.41, 5.74) is 7.17. The second-order valence-corrected chi connectivity index (χ2v) is 5.01. The van der Waals surface area contributed by atoms with Gasteiger partial charge in [-0.3, -0.25) is 0 Å². The Balaban J connectivity index is 2.92. The summed E-state index contributed by atoms with van der Waals surface area (Å²) in [7, 11) is 0. The van der Waals surface area contributed by atoms with Crippen LogP contribution in [0.25, 0.3) is 0 Å². The molecule has 0 aliphatic carbocycles.